The monoisotopic (exact) mass is 552 g/mol. The van der Waals surface area contributed by atoms with Crippen LogP contribution in [-0.4, -0.2) is 72.2 Å². The largest absolute Gasteiger partial charge is 0.494 e. The molecule has 8 nitrogen and oxygen atoms in total. The van der Waals surface area contributed by atoms with Gasteiger partial charge in [0.1, 0.15) is 17.5 Å². The van der Waals surface area contributed by atoms with E-state index in [1.54, 1.807) is 17.0 Å². The van der Waals surface area contributed by atoms with Gasteiger partial charge in [-0.3, -0.25) is 14.5 Å². The van der Waals surface area contributed by atoms with Crippen LogP contribution in [0.15, 0.2) is 48.5 Å². The van der Waals surface area contributed by atoms with Crippen molar-refractivity contribution >= 4 is 40.5 Å². The van der Waals surface area contributed by atoms with Crippen LogP contribution in [0.3, 0.4) is 0 Å². The fourth-order valence-corrected chi connectivity index (χ4v) is 5.54. The molecule has 0 bridgehead atoms. The Hall–Kier alpha value is -3.17. The van der Waals surface area contributed by atoms with Gasteiger partial charge in [-0.2, -0.15) is 0 Å². The highest BCUT2D eigenvalue weighted by Gasteiger charge is 2.44. The van der Waals surface area contributed by atoms with Crippen molar-refractivity contribution in [1.82, 2.24) is 9.80 Å². The number of hydrogen-bond donors (Lipinski definition) is 1. The number of amides is 2. The second kappa shape index (κ2) is 13.8. The predicted molar refractivity (Wildman–Crippen MR) is 159 cm³/mol. The molecule has 9 heteroatoms. The SMILES string of the molecule is CCOc1ccc(NC(=O)CC2C(=O)N(c3ccc(OCC)cc3)C(=S)N2CCCN2CCC(C)CC2)cc1. The molecule has 1 atom stereocenters. The lowest BCUT2D eigenvalue weighted by Crippen LogP contribution is -2.40. The predicted octanol–water partition coefficient (Wildman–Crippen LogP) is 4.94. The molecule has 0 saturated carbocycles. The maximum atomic E-state index is 13.7. The number of piperidine rings is 1. The van der Waals surface area contributed by atoms with E-state index >= 15 is 0 Å². The number of rotatable bonds is 12. The molecular formula is C30H40N4O4S. The Balaban J connectivity index is 1.45. The van der Waals surface area contributed by atoms with Gasteiger partial charge in [0, 0.05) is 12.2 Å². The molecule has 0 radical (unpaired) electrons. The average Bonchev–Trinajstić information content (AvgIpc) is 3.15. The van der Waals surface area contributed by atoms with Crippen LogP contribution in [0.1, 0.15) is 46.5 Å². The van der Waals surface area contributed by atoms with Crippen molar-refractivity contribution in [1.29, 1.82) is 0 Å². The van der Waals surface area contributed by atoms with Crippen molar-refractivity contribution in [3.05, 3.63) is 48.5 Å². The van der Waals surface area contributed by atoms with Gasteiger partial charge in [-0.25, -0.2) is 0 Å². The van der Waals surface area contributed by atoms with Gasteiger partial charge in [-0.05, 0) is 119 Å². The van der Waals surface area contributed by atoms with Gasteiger partial charge in [0.05, 0.1) is 25.3 Å². The Labute approximate surface area is 237 Å². The first-order valence-corrected chi connectivity index (χ1v) is 14.4. The van der Waals surface area contributed by atoms with E-state index in [0.29, 0.717) is 36.2 Å². The van der Waals surface area contributed by atoms with Gasteiger partial charge < -0.3 is 24.6 Å². The lowest BCUT2D eigenvalue weighted by Gasteiger charge is -2.31. The minimum absolute atomic E-state index is 0.0148. The highest BCUT2D eigenvalue weighted by Crippen LogP contribution is 2.29. The summed E-state index contributed by atoms with van der Waals surface area (Å²) in [6.07, 6.45) is 3.33. The van der Waals surface area contributed by atoms with Gasteiger partial charge in [0.2, 0.25) is 5.91 Å². The number of benzene rings is 2. The van der Waals surface area contributed by atoms with Gasteiger partial charge in [-0.1, -0.05) is 6.92 Å². The molecule has 39 heavy (non-hydrogen) atoms. The number of carbonyl (C=O) groups excluding carboxylic acids is 2. The second-order valence-electron chi connectivity index (χ2n) is 10.2. The summed E-state index contributed by atoms with van der Waals surface area (Å²) in [6.45, 7) is 11.1. The third-order valence-electron chi connectivity index (χ3n) is 7.30. The van der Waals surface area contributed by atoms with Crippen LogP contribution in [0.25, 0.3) is 0 Å². The standard InChI is InChI=1S/C30H40N4O4S/c1-4-37-25-11-7-23(8-12-25)31-28(35)21-27-29(36)34(24-9-13-26(14-10-24)38-5-2)30(39)33(27)18-6-17-32-19-15-22(3)16-20-32/h7-14,22,27H,4-6,15-21H2,1-3H3,(H,31,35). The molecule has 2 saturated heterocycles. The smallest absolute Gasteiger partial charge is 0.256 e. The van der Waals surface area contributed by atoms with Crippen LogP contribution in [0.2, 0.25) is 0 Å². The molecule has 2 heterocycles. The first-order valence-electron chi connectivity index (χ1n) is 14.0. The van der Waals surface area contributed by atoms with E-state index in [1.807, 2.05) is 55.1 Å². The van der Waals surface area contributed by atoms with Crippen molar-refractivity contribution in [2.75, 3.05) is 49.6 Å². The number of anilines is 2. The van der Waals surface area contributed by atoms with Crippen LogP contribution in [0.4, 0.5) is 11.4 Å². The van der Waals surface area contributed by atoms with Crippen LogP contribution in [-0.2, 0) is 9.59 Å². The van der Waals surface area contributed by atoms with Gasteiger partial charge in [0.25, 0.3) is 5.91 Å². The molecule has 0 spiro atoms. The Bertz CT molecular complexity index is 1120. The fraction of sp³-hybridized carbons (Fsp3) is 0.500. The molecule has 1 N–H and O–H groups in total. The van der Waals surface area contributed by atoms with Crippen molar-refractivity contribution in [3.8, 4) is 11.5 Å². The zero-order chi connectivity index (χ0) is 27.8. The van der Waals surface area contributed by atoms with Gasteiger partial charge in [0.15, 0.2) is 5.11 Å². The molecule has 2 aliphatic rings. The summed E-state index contributed by atoms with van der Waals surface area (Å²) < 4.78 is 11.0. The molecule has 1 unspecified atom stereocenters. The number of thiocarbonyl (C=S) groups is 1. The molecule has 4 rings (SSSR count). The maximum absolute atomic E-state index is 13.7. The van der Waals surface area contributed by atoms with Crippen LogP contribution in [0, 0.1) is 5.92 Å². The highest BCUT2D eigenvalue weighted by molar-refractivity contribution is 7.80. The third kappa shape index (κ3) is 7.48. The van der Waals surface area contributed by atoms with E-state index in [2.05, 4.69) is 17.1 Å². The normalized spacial score (nSPS) is 18.5. The first kappa shape index (κ1) is 28.8. The highest BCUT2D eigenvalue weighted by atomic mass is 32.1. The summed E-state index contributed by atoms with van der Waals surface area (Å²) in [4.78, 5) is 32.8. The third-order valence-corrected chi connectivity index (χ3v) is 7.72. The maximum Gasteiger partial charge on any atom is 0.256 e. The van der Waals surface area contributed by atoms with E-state index in [0.717, 1.165) is 43.5 Å². The van der Waals surface area contributed by atoms with Crippen LogP contribution < -0.4 is 19.7 Å². The number of hydrogen-bond acceptors (Lipinski definition) is 6. The van der Waals surface area contributed by atoms with E-state index in [9.17, 15) is 9.59 Å². The summed E-state index contributed by atoms with van der Waals surface area (Å²) in [7, 11) is 0. The minimum atomic E-state index is -0.659. The molecule has 0 aromatic heterocycles. The number of carbonyl (C=O) groups is 2. The Morgan fingerprint density at radius 3 is 2.13 bits per heavy atom. The van der Waals surface area contributed by atoms with Crippen LogP contribution >= 0.6 is 12.2 Å². The van der Waals surface area contributed by atoms with E-state index in [1.165, 1.54) is 12.8 Å². The summed E-state index contributed by atoms with van der Waals surface area (Å²) in [5, 5.41) is 3.36. The quantitative estimate of drug-likeness (QED) is 0.374. The summed E-state index contributed by atoms with van der Waals surface area (Å²) in [5.41, 5.74) is 1.34. The average molecular weight is 553 g/mol. The molecule has 2 aromatic rings. The number of nitrogens with zero attached hydrogens (tertiary/aromatic N) is 3. The molecular weight excluding hydrogens is 512 g/mol. The molecule has 210 valence electrons. The second-order valence-corrected chi connectivity index (χ2v) is 10.5. The summed E-state index contributed by atoms with van der Waals surface area (Å²) in [5.74, 6) is 1.85. The number of nitrogens with one attached hydrogen (secondary N) is 1. The zero-order valence-electron chi connectivity index (χ0n) is 23.2. The molecule has 2 aromatic carbocycles. The lowest BCUT2D eigenvalue weighted by atomic mass is 9.99. The Kier molecular flexibility index (Phi) is 10.2. The summed E-state index contributed by atoms with van der Waals surface area (Å²) in [6, 6.07) is 13.9. The van der Waals surface area contributed by atoms with Crippen molar-refractivity contribution < 1.29 is 19.1 Å². The minimum Gasteiger partial charge on any atom is -0.494 e. The van der Waals surface area contributed by atoms with Crippen molar-refractivity contribution in [2.24, 2.45) is 5.92 Å². The Morgan fingerprint density at radius 2 is 1.54 bits per heavy atom. The van der Waals surface area contributed by atoms with Gasteiger partial charge in [-0.15, -0.1) is 0 Å². The van der Waals surface area contributed by atoms with Crippen LogP contribution in [0.5, 0.6) is 11.5 Å². The molecule has 2 fully saturated rings. The van der Waals surface area contributed by atoms with Gasteiger partial charge >= 0.3 is 0 Å². The molecule has 0 aliphatic carbocycles. The van der Waals surface area contributed by atoms with E-state index in [4.69, 9.17) is 21.7 Å². The molecule has 2 amide bonds. The topological polar surface area (TPSA) is 74.3 Å². The summed E-state index contributed by atoms with van der Waals surface area (Å²) >= 11 is 5.83. The molecule has 2 aliphatic heterocycles. The van der Waals surface area contributed by atoms with E-state index in [-0.39, 0.29) is 18.2 Å². The Morgan fingerprint density at radius 1 is 0.949 bits per heavy atom. The van der Waals surface area contributed by atoms with Crippen molar-refractivity contribution in [2.45, 2.75) is 52.5 Å². The lowest BCUT2D eigenvalue weighted by molar-refractivity contribution is -0.124. The van der Waals surface area contributed by atoms with E-state index < -0.39 is 6.04 Å². The zero-order valence-corrected chi connectivity index (χ0v) is 24.0. The number of likely N-dealkylation sites (tertiary alicyclic amines) is 1. The fourth-order valence-electron chi connectivity index (χ4n) is 5.12. The van der Waals surface area contributed by atoms with Crippen molar-refractivity contribution in [3.63, 3.8) is 0 Å². The first-order chi connectivity index (χ1) is 18.9. The number of ether oxygens (including phenoxy) is 2.